The molecule has 0 saturated heterocycles. The van der Waals surface area contributed by atoms with E-state index in [0.29, 0.717) is 39.3 Å². The fourth-order valence-corrected chi connectivity index (χ4v) is 0. The van der Waals surface area contributed by atoms with Crippen LogP contribution in [-0.2, 0) is 13.0 Å². The van der Waals surface area contributed by atoms with Gasteiger partial charge in [-0.05, 0) is 0 Å². The molecule has 0 heterocycles. The molecule has 18 N–H and O–H groups in total. The van der Waals surface area contributed by atoms with Crippen molar-refractivity contribution in [1.82, 2.24) is 0 Å². The molecule has 0 bridgehead atoms. The van der Waals surface area contributed by atoms with Crippen LogP contribution in [0, 0.1) is 0 Å². The molecule has 13 heteroatoms. The van der Waals surface area contributed by atoms with E-state index in [1.807, 2.05) is 0 Å². The second-order valence-corrected chi connectivity index (χ2v) is 9.34. The number of hydrogen-bond donors (Lipinski definition) is 6. The summed E-state index contributed by atoms with van der Waals surface area (Å²) in [4.78, 5) is 0. The molecule has 0 aliphatic heterocycles. The summed E-state index contributed by atoms with van der Waals surface area (Å²) in [6, 6.07) is 0. The van der Waals surface area contributed by atoms with Crippen molar-refractivity contribution in [1.29, 1.82) is 0 Å². The van der Waals surface area contributed by atoms with E-state index in [1.165, 1.54) is 0 Å². The molecule has 0 atom stereocenters. The van der Waals surface area contributed by atoms with Gasteiger partial charge in [-0.25, -0.2) is 0 Å². The fourth-order valence-electron chi connectivity index (χ4n) is 0. The van der Waals surface area contributed by atoms with E-state index in [4.69, 9.17) is 63.5 Å². The third kappa shape index (κ3) is 329. The molecule has 0 aromatic heterocycles. The number of halogens is 3. The molecule has 0 aliphatic rings. The normalized spacial score (nSPS) is 7.11. The minimum absolute atomic E-state index is 0. The zero-order chi connectivity index (χ0) is 13.8. The summed E-state index contributed by atoms with van der Waals surface area (Å²) in [5.74, 6) is 0. The Balaban J connectivity index is -0.0000000192. The third-order valence-electron chi connectivity index (χ3n) is 0.500. The summed E-state index contributed by atoms with van der Waals surface area (Å²) < 4.78 is 0. The zero-order valence-corrected chi connectivity index (χ0v) is 14.6. The molecule has 0 spiro atoms. The molecule has 0 unspecified atom stereocenters. The number of rotatable bonds is 3. The molecular weight excluding hydrogens is 413 g/mol. The molecule has 0 fully saturated rings. The Hall–Kier alpha value is 1.13. The molecule has 0 amide bonds. The SMILES string of the molecule is NCCN.NCCN.NCCN.O.O.O.[Cl][Rh]([Cl])[Cl]. The van der Waals surface area contributed by atoms with Gasteiger partial charge in [-0.3, -0.25) is 0 Å². The standard InChI is InChI=1S/3C2H8N2.3ClH.3H2O.Rh/c3*3-1-2-4;;;;;;;/h3*1-4H2;3*1H;3*1H2;/q;;;;;;;;;+3/p-3. The molecule has 0 saturated carbocycles. The molecule has 19 heavy (non-hydrogen) atoms. The van der Waals surface area contributed by atoms with Crippen LogP contribution in [0.25, 0.3) is 0 Å². The van der Waals surface area contributed by atoms with Gasteiger partial charge in [0.05, 0.1) is 0 Å². The average Bonchev–Trinajstić information content (AvgIpc) is 2.28. The molecule has 0 aromatic carbocycles. The summed E-state index contributed by atoms with van der Waals surface area (Å²) >= 11 is -1.66. The summed E-state index contributed by atoms with van der Waals surface area (Å²) in [6.07, 6.45) is 0. The summed E-state index contributed by atoms with van der Waals surface area (Å²) in [5, 5.41) is 0. The van der Waals surface area contributed by atoms with Crippen molar-refractivity contribution in [3.05, 3.63) is 0 Å². The molecule has 0 aliphatic carbocycles. The Kier molecular flexibility index (Phi) is 138. The van der Waals surface area contributed by atoms with E-state index in [9.17, 15) is 0 Å². The summed E-state index contributed by atoms with van der Waals surface area (Å²) in [5.41, 5.74) is 29.4. The van der Waals surface area contributed by atoms with Crippen molar-refractivity contribution >= 4 is 29.1 Å². The van der Waals surface area contributed by atoms with E-state index in [2.05, 4.69) is 0 Å². The predicted octanol–water partition coefficient (Wildman–Crippen LogP) is -3.70. The van der Waals surface area contributed by atoms with Crippen molar-refractivity contribution in [3.8, 4) is 0 Å². The van der Waals surface area contributed by atoms with E-state index in [1.54, 1.807) is 0 Å². The molecular formula is C6H30Cl3N6O3Rh. The Morgan fingerprint density at radius 3 is 0.526 bits per heavy atom. The van der Waals surface area contributed by atoms with Gasteiger partial charge >= 0.3 is 42.1 Å². The predicted molar refractivity (Wildman–Crippen MR) is 82.7 cm³/mol. The molecule has 9 nitrogen and oxygen atoms in total. The first-order chi connectivity index (χ1) is 7.47. The average molecular weight is 444 g/mol. The first-order valence-electron chi connectivity index (χ1n) is 4.33. The monoisotopic (exact) mass is 442 g/mol. The van der Waals surface area contributed by atoms with E-state index in [0.717, 1.165) is 0 Å². The molecule has 0 aromatic rings. The molecule has 132 valence electrons. The van der Waals surface area contributed by atoms with Crippen LogP contribution in [0.1, 0.15) is 0 Å². The van der Waals surface area contributed by atoms with Gasteiger partial charge in [0.1, 0.15) is 0 Å². The number of hydrogen-bond acceptors (Lipinski definition) is 6. The van der Waals surface area contributed by atoms with Gasteiger partial charge in [-0.1, -0.05) is 0 Å². The first kappa shape index (κ1) is 42.7. The fraction of sp³-hybridized carbons (Fsp3) is 1.00. The van der Waals surface area contributed by atoms with Gasteiger partial charge in [0, 0.05) is 39.3 Å². The van der Waals surface area contributed by atoms with Crippen molar-refractivity contribution < 1.29 is 29.4 Å². The maximum atomic E-state index is 4.94. The zero-order valence-electron chi connectivity index (χ0n) is 10.7. The molecule has 0 rings (SSSR count). The maximum absolute atomic E-state index is 4.94. The van der Waals surface area contributed by atoms with Gasteiger partial charge in [0.2, 0.25) is 0 Å². The Morgan fingerprint density at radius 2 is 0.526 bits per heavy atom. The van der Waals surface area contributed by atoms with Crippen LogP contribution >= 0.6 is 29.1 Å². The van der Waals surface area contributed by atoms with Crippen molar-refractivity contribution in [3.63, 3.8) is 0 Å². The van der Waals surface area contributed by atoms with Crippen molar-refractivity contribution in [2.45, 2.75) is 0 Å². The Labute approximate surface area is 132 Å². The van der Waals surface area contributed by atoms with Gasteiger partial charge in [-0.15, -0.1) is 0 Å². The van der Waals surface area contributed by atoms with Crippen LogP contribution in [0.3, 0.4) is 0 Å². The molecule has 0 radical (unpaired) electrons. The third-order valence-corrected chi connectivity index (χ3v) is 0.500. The van der Waals surface area contributed by atoms with E-state index >= 15 is 0 Å². The van der Waals surface area contributed by atoms with E-state index in [-0.39, 0.29) is 16.4 Å². The topological polar surface area (TPSA) is 251 Å². The van der Waals surface area contributed by atoms with Gasteiger partial charge in [0.25, 0.3) is 0 Å². The van der Waals surface area contributed by atoms with Crippen molar-refractivity contribution in [2.24, 2.45) is 34.4 Å². The van der Waals surface area contributed by atoms with Gasteiger partial charge in [0.15, 0.2) is 0 Å². The second kappa shape index (κ2) is 61.3. The van der Waals surface area contributed by atoms with Crippen LogP contribution < -0.4 is 34.4 Å². The van der Waals surface area contributed by atoms with Crippen LogP contribution in [0.5, 0.6) is 0 Å². The van der Waals surface area contributed by atoms with Crippen molar-refractivity contribution in [2.75, 3.05) is 39.3 Å². The van der Waals surface area contributed by atoms with E-state index < -0.39 is 13.0 Å². The van der Waals surface area contributed by atoms with Crippen LogP contribution in [0.2, 0.25) is 0 Å². The summed E-state index contributed by atoms with van der Waals surface area (Å²) in [7, 11) is 14.8. The van der Waals surface area contributed by atoms with Gasteiger partial charge < -0.3 is 50.8 Å². The Morgan fingerprint density at radius 1 is 0.474 bits per heavy atom. The first-order valence-corrected chi connectivity index (χ1v) is 10.7. The Bertz CT molecular complexity index is 77.0. The second-order valence-electron chi connectivity index (χ2n) is 1.87. The van der Waals surface area contributed by atoms with Crippen LogP contribution in [0.4, 0.5) is 0 Å². The summed E-state index contributed by atoms with van der Waals surface area (Å²) in [6.45, 7) is 3.58. The van der Waals surface area contributed by atoms with Gasteiger partial charge in [-0.2, -0.15) is 0 Å². The van der Waals surface area contributed by atoms with Crippen LogP contribution in [-0.4, -0.2) is 55.7 Å². The quantitative estimate of drug-likeness (QED) is 0.239. The van der Waals surface area contributed by atoms with Crippen LogP contribution in [0.15, 0.2) is 0 Å². The number of nitrogens with two attached hydrogens (primary N) is 6. The minimum atomic E-state index is -1.66.